The van der Waals surface area contributed by atoms with Crippen molar-refractivity contribution >= 4 is 17.8 Å². The molecule has 3 unspecified atom stereocenters. The van der Waals surface area contributed by atoms with Crippen molar-refractivity contribution in [2.24, 2.45) is 0 Å². The molecule has 30 heavy (non-hydrogen) atoms. The zero-order valence-corrected chi connectivity index (χ0v) is 16.8. The van der Waals surface area contributed by atoms with Gasteiger partial charge in [0, 0.05) is 12.0 Å². The fraction of sp³-hybridized carbons (Fsp3) is 0.318. The highest BCUT2D eigenvalue weighted by Crippen LogP contribution is 2.35. The van der Waals surface area contributed by atoms with Crippen molar-refractivity contribution in [3.8, 4) is 0 Å². The summed E-state index contributed by atoms with van der Waals surface area (Å²) >= 11 is 0. The van der Waals surface area contributed by atoms with Gasteiger partial charge in [-0.05, 0) is 24.1 Å². The largest absolute Gasteiger partial charge is 0.452 e. The van der Waals surface area contributed by atoms with Crippen molar-refractivity contribution in [1.29, 1.82) is 0 Å². The number of hydrazine groups is 1. The maximum Gasteiger partial charge on any atom is 0.452 e. The third kappa shape index (κ3) is 3.79. The molecule has 0 aromatic heterocycles. The summed E-state index contributed by atoms with van der Waals surface area (Å²) in [5.41, 5.74) is 6.31. The van der Waals surface area contributed by atoms with Crippen LogP contribution in [0.15, 0.2) is 60.7 Å². The molecule has 2 aromatic rings. The Bertz CT molecular complexity index is 937. The van der Waals surface area contributed by atoms with Crippen LogP contribution < -0.4 is 10.9 Å². The number of carbonyl (C=O) groups is 3. The normalized spacial score (nSPS) is 25.1. The van der Waals surface area contributed by atoms with E-state index in [0.29, 0.717) is 31.6 Å². The molecule has 8 nitrogen and oxygen atoms in total. The van der Waals surface area contributed by atoms with Crippen LogP contribution in [0.4, 0.5) is 4.79 Å². The molecule has 2 N–H and O–H groups in total. The van der Waals surface area contributed by atoms with Crippen molar-refractivity contribution in [1.82, 2.24) is 15.8 Å². The Balaban J connectivity index is 1.37. The number of nitrogens with one attached hydrogen (secondary N) is 2. The van der Waals surface area contributed by atoms with Gasteiger partial charge in [0.15, 0.2) is 0 Å². The first-order valence-electron chi connectivity index (χ1n) is 10.00. The third-order valence-corrected chi connectivity index (χ3v) is 5.86. The van der Waals surface area contributed by atoms with E-state index in [1.165, 1.54) is 0 Å². The van der Waals surface area contributed by atoms with Gasteiger partial charge in [0.05, 0.1) is 6.54 Å². The molecule has 2 fully saturated rings. The number of hydrogen-bond donors (Lipinski definition) is 2. The number of fused-ring (bicyclic) bond motifs is 2. The summed E-state index contributed by atoms with van der Waals surface area (Å²) in [6, 6.07) is 17.4. The molecular weight excluding hydrogens is 384 g/mol. The number of quaternary nitrogens is 1. The molecule has 0 saturated carbocycles. The summed E-state index contributed by atoms with van der Waals surface area (Å²) in [6.45, 7) is 0.770. The van der Waals surface area contributed by atoms with E-state index in [4.69, 9.17) is 4.84 Å². The van der Waals surface area contributed by atoms with Gasteiger partial charge < -0.3 is 0 Å². The first kappa shape index (κ1) is 20.1. The summed E-state index contributed by atoms with van der Waals surface area (Å²) in [5, 5.41) is 0. The van der Waals surface area contributed by atoms with Crippen LogP contribution in [0, 0.1) is 0 Å². The number of rotatable bonds is 5. The minimum Gasteiger partial charge on any atom is -0.272 e. The zero-order valence-electron chi connectivity index (χ0n) is 16.8. The summed E-state index contributed by atoms with van der Waals surface area (Å²) in [4.78, 5) is 45.5. The Labute approximate surface area is 174 Å². The van der Waals surface area contributed by atoms with Crippen molar-refractivity contribution in [3.05, 3.63) is 71.8 Å². The van der Waals surface area contributed by atoms with Crippen LogP contribution in [0.2, 0.25) is 0 Å². The topological polar surface area (TPSA) is 87.7 Å². The summed E-state index contributed by atoms with van der Waals surface area (Å²) < 4.78 is -0.172. The van der Waals surface area contributed by atoms with E-state index in [1.54, 1.807) is 36.2 Å². The lowest BCUT2D eigenvalue weighted by molar-refractivity contribution is -1.04. The molecule has 4 amide bonds. The number of likely N-dealkylation sites (N-methyl/N-ethyl adjacent to an activating group) is 1. The molecule has 0 radical (unpaired) electrons. The molecule has 4 rings (SSSR count). The van der Waals surface area contributed by atoms with Crippen LogP contribution in [0.5, 0.6) is 0 Å². The van der Waals surface area contributed by atoms with Crippen LogP contribution in [-0.2, 0) is 16.2 Å². The fourth-order valence-corrected chi connectivity index (χ4v) is 4.06. The van der Waals surface area contributed by atoms with Gasteiger partial charge in [-0.3, -0.25) is 25.3 Å². The van der Waals surface area contributed by atoms with E-state index in [0.717, 1.165) is 5.56 Å². The molecule has 2 saturated heterocycles. The second-order valence-electron chi connectivity index (χ2n) is 7.74. The van der Waals surface area contributed by atoms with Gasteiger partial charge in [-0.1, -0.05) is 53.2 Å². The number of hydrogen-bond acceptors (Lipinski definition) is 4. The van der Waals surface area contributed by atoms with Gasteiger partial charge in [-0.15, -0.1) is 0 Å². The molecule has 8 heteroatoms. The number of hydroxylamine groups is 3. The lowest BCUT2D eigenvalue weighted by Crippen LogP contribution is -2.54. The second-order valence-corrected chi connectivity index (χ2v) is 7.74. The van der Waals surface area contributed by atoms with E-state index in [1.807, 2.05) is 36.4 Å². The van der Waals surface area contributed by atoms with E-state index >= 15 is 0 Å². The fourth-order valence-electron chi connectivity index (χ4n) is 4.06. The standard InChI is InChI=1S/C22H24N4O4/c1-26(30-15-16-8-4-2-5-9-16)18-12-13-19(25(14-18)22(26)29)21(28)24-23-20(27)17-10-6-3-7-11-17/h2-11,18-19H,12-15H2,1H3,(H-,23,24,27,28)/p+1. The van der Waals surface area contributed by atoms with Gasteiger partial charge >= 0.3 is 6.03 Å². The number of benzene rings is 2. The predicted molar refractivity (Wildman–Crippen MR) is 108 cm³/mol. The van der Waals surface area contributed by atoms with Crippen LogP contribution in [0.25, 0.3) is 0 Å². The molecule has 2 aromatic carbocycles. The average Bonchev–Trinajstić information content (AvgIpc) is 2.98. The Morgan fingerprint density at radius 3 is 2.40 bits per heavy atom. The lowest BCUT2D eigenvalue weighted by Gasteiger charge is -2.28. The Hall–Kier alpha value is -3.23. The lowest BCUT2D eigenvalue weighted by atomic mass is 10.00. The zero-order chi connectivity index (χ0) is 21.1. The van der Waals surface area contributed by atoms with Crippen LogP contribution in [0.3, 0.4) is 0 Å². The van der Waals surface area contributed by atoms with Crippen molar-refractivity contribution in [3.63, 3.8) is 0 Å². The van der Waals surface area contributed by atoms with E-state index < -0.39 is 17.9 Å². The number of piperidine rings is 1. The number of carbonyl (C=O) groups excluding carboxylic acids is 3. The smallest absolute Gasteiger partial charge is 0.272 e. The summed E-state index contributed by atoms with van der Waals surface area (Å²) in [5.74, 6) is -0.806. The molecule has 0 aliphatic carbocycles. The van der Waals surface area contributed by atoms with Gasteiger partial charge in [0.2, 0.25) is 0 Å². The minimum atomic E-state index is -0.634. The Morgan fingerprint density at radius 1 is 1.03 bits per heavy atom. The van der Waals surface area contributed by atoms with E-state index in [-0.39, 0.29) is 16.7 Å². The molecule has 0 spiro atoms. The molecule has 2 aliphatic heterocycles. The van der Waals surface area contributed by atoms with Gasteiger partial charge in [-0.25, -0.2) is 4.79 Å². The maximum absolute atomic E-state index is 13.1. The molecule has 2 aliphatic rings. The van der Waals surface area contributed by atoms with Crippen LogP contribution >= 0.6 is 0 Å². The summed E-state index contributed by atoms with van der Waals surface area (Å²) in [7, 11) is 1.76. The SMILES string of the molecule is C[N+]1(OCc2ccccc2)C(=O)N2CC1CCC2C(=O)NNC(=O)c1ccccc1. The molecule has 2 heterocycles. The number of amides is 4. The first-order chi connectivity index (χ1) is 14.5. The highest BCUT2D eigenvalue weighted by molar-refractivity contribution is 5.96. The second kappa shape index (κ2) is 8.25. The minimum absolute atomic E-state index is 0.0239. The number of urea groups is 1. The maximum atomic E-state index is 13.1. The highest BCUT2D eigenvalue weighted by Gasteiger charge is 2.59. The van der Waals surface area contributed by atoms with Crippen molar-refractivity contribution in [2.75, 3.05) is 13.6 Å². The van der Waals surface area contributed by atoms with Gasteiger partial charge in [-0.2, -0.15) is 4.84 Å². The van der Waals surface area contributed by atoms with E-state index in [2.05, 4.69) is 10.9 Å². The first-order valence-corrected chi connectivity index (χ1v) is 10.00. The summed E-state index contributed by atoms with van der Waals surface area (Å²) in [6.07, 6.45) is 1.20. The van der Waals surface area contributed by atoms with Crippen LogP contribution in [-0.4, -0.2) is 53.1 Å². The monoisotopic (exact) mass is 409 g/mol. The van der Waals surface area contributed by atoms with E-state index in [9.17, 15) is 14.4 Å². The van der Waals surface area contributed by atoms with Gasteiger partial charge in [0.1, 0.15) is 25.7 Å². The Morgan fingerprint density at radius 2 is 1.70 bits per heavy atom. The van der Waals surface area contributed by atoms with Gasteiger partial charge in [0.25, 0.3) is 11.8 Å². The molecular formula is C22H25N4O4+. The van der Waals surface area contributed by atoms with Crippen LogP contribution in [0.1, 0.15) is 28.8 Å². The number of nitrogens with zero attached hydrogens (tertiary/aromatic N) is 2. The molecule has 3 atom stereocenters. The highest BCUT2D eigenvalue weighted by atomic mass is 16.7. The van der Waals surface area contributed by atoms with Crippen molar-refractivity contribution in [2.45, 2.75) is 31.5 Å². The quantitative estimate of drug-likeness (QED) is 0.584. The Kier molecular flexibility index (Phi) is 5.52. The average molecular weight is 409 g/mol. The molecule has 2 bridgehead atoms. The third-order valence-electron chi connectivity index (χ3n) is 5.86. The predicted octanol–water partition coefficient (Wildman–Crippen LogP) is 1.99. The molecule has 156 valence electrons. The van der Waals surface area contributed by atoms with Crippen molar-refractivity contribution < 1.29 is 23.9 Å².